The van der Waals surface area contributed by atoms with E-state index in [1.54, 1.807) is 18.2 Å². The molecule has 0 bridgehead atoms. The van der Waals surface area contributed by atoms with Gasteiger partial charge in [0.05, 0.1) is 13.2 Å². The largest absolute Gasteiger partial charge is 0.508 e. The van der Waals surface area contributed by atoms with Crippen molar-refractivity contribution in [2.24, 2.45) is 10.8 Å². The van der Waals surface area contributed by atoms with Crippen molar-refractivity contribution in [2.75, 3.05) is 19.8 Å². The molecule has 3 rings (SSSR count). The quantitative estimate of drug-likeness (QED) is 0.172. The van der Waals surface area contributed by atoms with Gasteiger partial charge in [0, 0.05) is 73.5 Å². The number of carboxylic acids is 1. The fraction of sp³-hybridized carbons (Fsp3) is 0.741. The van der Waals surface area contributed by atoms with Gasteiger partial charge in [0.15, 0.2) is 5.60 Å². The van der Waals surface area contributed by atoms with Crippen LogP contribution in [0.5, 0.6) is 5.75 Å². The van der Waals surface area contributed by atoms with Gasteiger partial charge >= 0.3 is 5.97 Å². The van der Waals surface area contributed by atoms with Crippen LogP contribution in [0, 0.1) is 54.9 Å². The van der Waals surface area contributed by atoms with Crippen molar-refractivity contribution in [3.63, 3.8) is 0 Å². The molecule has 2 aliphatic rings. The number of rotatable bonds is 15. The number of hydrogen-bond acceptors (Lipinski definition) is 6. The van der Waals surface area contributed by atoms with Gasteiger partial charge in [0.1, 0.15) is 5.75 Å². The Morgan fingerprint density at radius 2 is 1.66 bits per heavy atom. The number of benzene rings is 1. The summed E-state index contributed by atoms with van der Waals surface area (Å²) in [5.41, 5.74) is -0.748. The van der Waals surface area contributed by atoms with Crippen molar-refractivity contribution >= 4 is 5.97 Å². The fourth-order valence-electron chi connectivity index (χ4n) is 5.76. The van der Waals surface area contributed by atoms with E-state index in [1.165, 1.54) is 19.3 Å². The molecule has 7 nitrogen and oxygen atoms in total. The average molecular weight is 706 g/mol. The van der Waals surface area contributed by atoms with E-state index in [9.17, 15) is 9.90 Å². The summed E-state index contributed by atoms with van der Waals surface area (Å²) in [6.45, 7) is 10.2. The van der Waals surface area contributed by atoms with Crippen LogP contribution in [0.25, 0.3) is 0 Å². The van der Waals surface area contributed by atoms with Gasteiger partial charge in [-0.3, -0.25) is 4.79 Å². The van der Waals surface area contributed by atoms with Gasteiger partial charge in [-0.05, 0) is 25.0 Å². The minimum absolute atomic E-state index is 0. The number of hydrogen-bond donors (Lipinski definition) is 2. The maximum Gasteiger partial charge on any atom is 0.303 e. The number of carbonyl (C=O) groups is 1. The van der Waals surface area contributed by atoms with Gasteiger partial charge in [-0.2, -0.15) is 4.89 Å². The Hall–Kier alpha value is -0.228. The van der Waals surface area contributed by atoms with Crippen LogP contribution < -0.4 is 0 Å². The van der Waals surface area contributed by atoms with Crippen LogP contribution in [-0.2, 0) is 29.8 Å². The first-order chi connectivity index (χ1) is 16.1. The second kappa shape index (κ2) is 13.0. The minimum Gasteiger partial charge on any atom is -0.508 e. The van der Waals surface area contributed by atoms with Gasteiger partial charge in [-0.15, -0.1) is 0 Å². The van der Waals surface area contributed by atoms with Crippen LogP contribution in [0.4, 0.5) is 0 Å². The van der Waals surface area contributed by atoms with Crippen LogP contribution in [0.3, 0.4) is 0 Å². The molecule has 1 radical (unpaired) electrons. The van der Waals surface area contributed by atoms with E-state index in [1.807, 2.05) is 6.07 Å². The molecule has 0 aliphatic carbocycles. The van der Waals surface area contributed by atoms with Crippen molar-refractivity contribution in [1.82, 2.24) is 0 Å². The predicted molar refractivity (Wildman–Crippen MR) is 128 cm³/mol. The Labute approximate surface area is 245 Å². The molecular weight excluding hydrogens is 663 g/mol. The molecule has 0 aromatic heterocycles. The molecule has 2 heterocycles. The fourth-order valence-corrected chi connectivity index (χ4v) is 5.76. The smallest absolute Gasteiger partial charge is 0.303 e. The molecule has 195 valence electrons. The van der Waals surface area contributed by atoms with Gasteiger partial charge < -0.3 is 19.7 Å². The summed E-state index contributed by atoms with van der Waals surface area (Å²) in [6, 6.07) is 7.01. The molecule has 2 fully saturated rings. The Morgan fingerprint density at radius 1 is 1.03 bits per heavy atom. The van der Waals surface area contributed by atoms with Gasteiger partial charge in [0.25, 0.3) is 5.79 Å². The summed E-state index contributed by atoms with van der Waals surface area (Å²) in [6.07, 6.45) is 8.84. The molecule has 0 saturated carbocycles. The molecule has 1 aromatic rings. The first kappa shape index (κ1) is 31.0. The molecule has 2 atom stereocenters. The van der Waals surface area contributed by atoms with E-state index in [4.69, 9.17) is 24.4 Å². The maximum atomic E-state index is 10.5. The molecule has 2 N–H and O–H groups in total. The standard InChI is InChI=1S/C27H42O7.Ac/c1-24(2,19-31-17-12-10-8-6-5-7-9-11-16-23(29)30)27-25(3,4)20-32-26(27,33-34-27)21-14-13-15-22(28)18-21;/h13-15,18,28H,5-12,16-17,19-20H2,1-4H3,(H,29,30);. The van der Waals surface area contributed by atoms with Crippen LogP contribution in [0.15, 0.2) is 24.3 Å². The Balaban J connectivity index is 0.00000432. The molecule has 2 unspecified atom stereocenters. The Morgan fingerprint density at radius 3 is 2.23 bits per heavy atom. The molecule has 1 aromatic carbocycles. The van der Waals surface area contributed by atoms with Crippen molar-refractivity contribution in [3.8, 4) is 5.75 Å². The summed E-state index contributed by atoms with van der Waals surface area (Å²) in [4.78, 5) is 22.2. The predicted octanol–water partition coefficient (Wildman–Crippen LogP) is 5.94. The molecule has 0 spiro atoms. The number of fused-ring (bicyclic) bond motifs is 1. The van der Waals surface area contributed by atoms with E-state index < -0.39 is 22.8 Å². The molecule has 2 aliphatic heterocycles. The number of ether oxygens (including phenoxy) is 2. The first-order valence-corrected chi connectivity index (χ1v) is 12.7. The van der Waals surface area contributed by atoms with Gasteiger partial charge in [0.2, 0.25) is 0 Å². The summed E-state index contributed by atoms with van der Waals surface area (Å²) in [5.74, 6) is -1.61. The zero-order chi connectivity index (χ0) is 24.9. The van der Waals surface area contributed by atoms with Crippen LogP contribution in [-0.4, -0.2) is 41.6 Å². The van der Waals surface area contributed by atoms with Crippen LogP contribution in [0.1, 0.15) is 91.0 Å². The number of phenols is 1. The minimum atomic E-state index is -1.08. The number of unbranched alkanes of at least 4 members (excludes halogenated alkanes) is 7. The summed E-state index contributed by atoms with van der Waals surface area (Å²) >= 11 is 0. The second-order valence-corrected chi connectivity index (χ2v) is 11.1. The van der Waals surface area contributed by atoms with Crippen molar-refractivity contribution < 1.29 is 78.3 Å². The van der Waals surface area contributed by atoms with Crippen molar-refractivity contribution in [1.29, 1.82) is 0 Å². The third-order valence-corrected chi connectivity index (χ3v) is 7.41. The SMILES string of the molecule is CC(C)(COCCCCCCCCCCC(=O)O)C12OOC1(c1cccc(O)c1)OCC2(C)C.[Ac]. The van der Waals surface area contributed by atoms with E-state index in [2.05, 4.69) is 27.7 Å². The molecule has 35 heavy (non-hydrogen) atoms. The number of aromatic hydroxyl groups is 1. The third-order valence-electron chi connectivity index (χ3n) is 7.41. The third kappa shape index (κ3) is 6.44. The number of phenolic OH excluding ortho intramolecular Hbond substituents is 1. The van der Waals surface area contributed by atoms with Gasteiger partial charge in [-0.25, -0.2) is 4.89 Å². The van der Waals surface area contributed by atoms with Crippen molar-refractivity contribution in [3.05, 3.63) is 29.8 Å². The average Bonchev–Trinajstić information content (AvgIpc) is 2.90. The Kier molecular flexibility index (Phi) is 11.5. The number of aliphatic carboxylic acids is 1. The maximum absolute atomic E-state index is 10.5. The summed E-state index contributed by atoms with van der Waals surface area (Å²) < 4.78 is 12.4. The Bertz CT molecular complexity index is 828. The number of carboxylic acid groups (broad SMARTS) is 1. The molecular formula is C27H42AcO7. The summed E-state index contributed by atoms with van der Waals surface area (Å²) in [7, 11) is 0. The zero-order valence-corrected chi connectivity index (χ0v) is 26.6. The van der Waals surface area contributed by atoms with Crippen LogP contribution >= 0.6 is 0 Å². The van der Waals surface area contributed by atoms with Crippen molar-refractivity contribution in [2.45, 2.75) is 96.9 Å². The molecule has 8 heteroatoms. The van der Waals surface area contributed by atoms with E-state index >= 15 is 0 Å². The first-order valence-electron chi connectivity index (χ1n) is 12.7. The summed E-state index contributed by atoms with van der Waals surface area (Å²) in [5, 5.41) is 18.7. The molecule has 2 saturated heterocycles. The van der Waals surface area contributed by atoms with E-state index in [0.29, 0.717) is 19.8 Å². The topological polar surface area (TPSA) is 94.5 Å². The second-order valence-electron chi connectivity index (χ2n) is 11.1. The van der Waals surface area contributed by atoms with E-state index in [0.717, 1.165) is 37.7 Å². The van der Waals surface area contributed by atoms with Crippen LogP contribution in [0.2, 0.25) is 0 Å². The normalized spacial score (nSPS) is 24.9. The monoisotopic (exact) mass is 705 g/mol. The zero-order valence-electron chi connectivity index (χ0n) is 21.8. The van der Waals surface area contributed by atoms with E-state index in [-0.39, 0.29) is 61.6 Å². The molecule has 0 amide bonds. The van der Waals surface area contributed by atoms with Gasteiger partial charge in [-0.1, -0.05) is 78.4 Å².